The molecule has 2 rings (SSSR count). The van der Waals surface area contributed by atoms with E-state index in [-0.39, 0.29) is 6.10 Å². The lowest BCUT2D eigenvalue weighted by atomic mass is 9.93. The van der Waals surface area contributed by atoms with Crippen molar-refractivity contribution in [2.45, 2.75) is 44.4 Å². The number of rotatable bonds is 3. The number of phenols is 1. The van der Waals surface area contributed by atoms with E-state index in [0.29, 0.717) is 18.3 Å². The van der Waals surface area contributed by atoms with E-state index in [1.807, 2.05) is 18.2 Å². The predicted molar refractivity (Wildman–Crippen MR) is 70.9 cm³/mol. The third kappa shape index (κ3) is 3.44. The highest BCUT2D eigenvalue weighted by Crippen LogP contribution is 2.27. The molecule has 0 unspecified atom stereocenters. The number of hydrogen-bond acceptors (Lipinski definition) is 3. The highest BCUT2D eigenvalue weighted by Gasteiger charge is 2.19. The fraction of sp³-hybridized carbons (Fsp3) is 0.538. The third-order valence-electron chi connectivity index (χ3n) is 3.35. The highest BCUT2D eigenvalue weighted by atomic mass is 79.9. The van der Waals surface area contributed by atoms with Crippen LogP contribution in [-0.2, 0) is 6.54 Å². The van der Waals surface area contributed by atoms with Crippen LogP contribution in [-0.4, -0.2) is 22.4 Å². The Bertz CT molecular complexity index is 376. The molecule has 1 aromatic rings. The van der Waals surface area contributed by atoms with Gasteiger partial charge in [0.1, 0.15) is 5.75 Å². The molecule has 0 atom stereocenters. The summed E-state index contributed by atoms with van der Waals surface area (Å²) in [6, 6.07) is 6.13. The van der Waals surface area contributed by atoms with Crippen molar-refractivity contribution >= 4 is 15.9 Å². The molecule has 94 valence electrons. The van der Waals surface area contributed by atoms with Gasteiger partial charge in [-0.25, -0.2) is 0 Å². The van der Waals surface area contributed by atoms with Crippen LogP contribution in [0.2, 0.25) is 0 Å². The van der Waals surface area contributed by atoms with E-state index in [1.165, 1.54) is 0 Å². The number of aromatic hydroxyl groups is 1. The van der Waals surface area contributed by atoms with Crippen molar-refractivity contribution in [1.29, 1.82) is 0 Å². The number of para-hydroxylation sites is 1. The summed E-state index contributed by atoms with van der Waals surface area (Å²) in [6.45, 7) is 0.673. The summed E-state index contributed by atoms with van der Waals surface area (Å²) < 4.78 is 0.732. The Labute approximate surface area is 110 Å². The zero-order valence-electron chi connectivity index (χ0n) is 9.69. The molecular weight excluding hydrogens is 282 g/mol. The lowest BCUT2D eigenvalue weighted by Gasteiger charge is -2.26. The van der Waals surface area contributed by atoms with Gasteiger partial charge in [-0.2, -0.15) is 0 Å². The van der Waals surface area contributed by atoms with Crippen LogP contribution in [0.3, 0.4) is 0 Å². The Morgan fingerprint density at radius 1 is 1.24 bits per heavy atom. The Morgan fingerprint density at radius 3 is 2.65 bits per heavy atom. The summed E-state index contributed by atoms with van der Waals surface area (Å²) in [5, 5.41) is 22.7. The number of halogens is 1. The number of phenolic OH excluding ortho intramolecular Hbond substituents is 1. The minimum atomic E-state index is -0.118. The molecule has 0 aromatic heterocycles. The number of aliphatic hydroxyl groups is 1. The van der Waals surface area contributed by atoms with Crippen LogP contribution >= 0.6 is 15.9 Å². The van der Waals surface area contributed by atoms with E-state index in [9.17, 15) is 10.2 Å². The van der Waals surface area contributed by atoms with E-state index in [4.69, 9.17) is 0 Å². The highest BCUT2D eigenvalue weighted by molar-refractivity contribution is 9.10. The number of benzene rings is 1. The molecule has 4 heteroatoms. The van der Waals surface area contributed by atoms with E-state index in [2.05, 4.69) is 21.2 Å². The molecule has 0 bridgehead atoms. The molecule has 0 amide bonds. The molecule has 3 N–H and O–H groups in total. The Kier molecular flexibility index (Phi) is 4.42. The fourth-order valence-electron chi connectivity index (χ4n) is 2.24. The largest absolute Gasteiger partial charge is 0.506 e. The number of hydrogen-bond donors (Lipinski definition) is 3. The second-order valence-corrected chi connectivity index (χ2v) is 5.49. The maximum absolute atomic E-state index is 9.84. The molecule has 1 aliphatic carbocycles. The average molecular weight is 300 g/mol. The van der Waals surface area contributed by atoms with E-state index >= 15 is 0 Å². The summed E-state index contributed by atoms with van der Waals surface area (Å²) >= 11 is 3.31. The van der Waals surface area contributed by atoms with Crippen molar-refractivity contribution < 1.29 is 10.2 Å². The molecular formula is C13H18BrNO2. The topological polar surface area (TPSA) is 52.5 Å². The van der Waals surface area contributed by atoms with Gasteiger partial charge in [0.25, 0.3) is 0 Å². The monoisotopic (exact) mass is 299 g/mol. The fourth-order valence-corrected chi connectivity index (χ4v) is 2.64. The molecule has 3 nitrogen and oxygen atoms in total. The van der Waals surface area contributed by atoms with Gasteiger partial charge in [-0.3, -0.25) is 0 Å². The predicted octanol–water partition coefficient (Wildman–Crippen LogP) is 2.55. The molecule has 0 saturated heterocycles. The SMILES string of the molecule is Oc1c(Br)cccc1CNC1CCC(O)CC1. The summed E-state index contributed by atoms with van der Waals surface area (Å²) in [6.07, 6.45) is 3.66. The number of aliphatic hydroxyl groups excluding tert-OH is 1. The van der Waals surface area contributed by atoms with Crippen molar-refractivity contribution in [3.63, 3.8) is 0 Å². The van der Waals surface area contributed by atoms with Crippen molar-refractivity contribution in [1.82, 2.24) is 5.32 Å². The Balaban J connectivity index is 1.87. The molecule has 1 saturated carbocycles. The van der Waals surface area contributed by atoms with Gasteiger partial charge >= 0.3 is 0 Å². The van der Waals surface area contributed by atoms with Crippen LogP contribution in [0.1, 0.15) is 31.2 Å². The zero-order valence-corrected chi connectivity index (χ0v) is 11.3. The van der Waals surface area contributed by atoms with Crippen LogP contribution in [0.5, 0.6) is 5.75 Å². The maximum atomic E-state index is 9.84. The summed E-state index contributed by atoms with van der Waals surface area (Å²) in [7, 11) is 0. The van der Waals surface area contributed by atoms with Crippen molar-refractivity contribution in [2.75, 3.05) is 0 Å². The van der Waals surface area contributed by atoms with Gasteiger partial charge in [-0.05, 0) is 47.7 Å². The second kappa shape index (κ2) is 5.85. The second-order valence-electron chi connectivity index (χ2n) is 4.63. The Hall–Kier alpha value is -0.580. The van der Waals surface area contributed by atoms with Gasteiger partial charge in [-0.1, -0.05) is 12.1 Å². The first kappa shape index (κ1) is 12.9. The molecule has 0 aliphatic heterocycles. The first-order chi connectivity index (χ1) is 8.16. The third-order valence-corrected chi connectivity index (χ3v) is 3.99. The quantitative estimate of drug-likeness (QED) is 0.804. The molecule has 0 heterocycles. The average Bonchev–Trinajstić information content (AvgIpc) is 2.33. The summed E-state index contributed by atoms with van der Waals surface area (Å²) in [5.41, 5.74) is 0.908. The van der Waals surface area contributed by atoms with Gasteiger partial charge in [0, 0.05) is 18.2 Å². The summed E-state index contributed by atoms with van der Waals surface area (Å²) in [5.74, 6) is 0.316. The minimum absolute atomic E-state index is 0.118. The van der Waals surface area contributed by atoms with Gasteiger partial charge < -0.3 is 15.5 Å². The minimum Gasteiger partial charge on any atom is -0.506 e. The van der Waals surface area contributed by atoms with Crippen LogP contribution in [0.4, 0.5) is 0 Å². The van der Waals surface area contributed by atoms with E-state index in [0.717, 1.165) is 35.7 Å². The van der Waals surface area contributed by atoms with Crippen molar-refractivity contribution in [3.05, 3.63) is 28.2 Å². The van der Waals surface area contributed by atoms with Crippen molar-refractivity contribution in [2.24, 2.45) is 0 Å². The van der Waals surface area contributed by atoms with E-state index < -0.39 is 0 Å². The first-order valence-electron chi connectivity index (χ1n) is 6.04. The normalized spacial score (nSPS) is 24.8. The molecule has 17 heavy (non-hydrogen) atoms. The van der Waals surface area contributed by atoms with Crippen LogP contribution < -0.4 is 5.32 Å². The van der Waals surface area contributed by atoms with Gasteiger partial charge in [0.2, 0.25) is 0 Å². The molecule has 0 spiro atoms. The van der Waals surface area contributed by atoms with Gasteiger partial charge in [0.05, 0.1) is 10.6 Å². The number of nitrogens with one attached hydrogen (secondary N) is 1. The smallest absolute Gasteiger partial charge is 0.134 e. The van der Waals surface area contributed by atoms with Crippen molar-refractivity contribution in [3.8, 4) is 5.75 Å². The summed E-state index contributed by atoms with van der Waals surface area (Å²) in [4.78, 5) is 0. The lowest BCUT2D eigenvalue weighted by molar-refractivity contribution is 0.116. The molecule has 1 aliphatic rings. The van der Waals surface area contributed by atoms with Crippen LogP contribution in [0, 0.1) is 0 Å². The van der Waals surface area contributed by atoms with Gasteiger partial charge in [-0.15, -0.1) is 0 Å². The van der Waals surface area contributed by atoms with Gasteiger partial charge in [0.15, 0.2) is 0 Å². The molecule has 0 radical (unpaired) electrons. The van der Waals surface area contributed by atoms with Crippen LogP contribution in [0.25, 0.3) is 0 Å². The first-order valence-corrected chi connectivity index (χ1v) is 6.84. The lowest BCUT2D eigenvalue weighted by Crippen LogP contribution is -2.34. The van der Waals surface area contributed by atoms with Crippen LogP contribution in [0.15, 0.2) is 22.7 Å². The zero-order chi connectivity index (χ0) is 12.3. The standard InChI is InChI=1S/C13H18BrNO2/c14-12-3-1-2-9(13(12)17)8-15-10-4-6-11(16)7-5-10/h1-3,10-11,15-17H,4-8H2. The Morgan fingerprint density at radius 2 is 1.94 bits per heavy atom. The molecule has 1 fully saturated rings. The maximum Gasteiger partial charge on any atom is 0.134 e. The molecule has 1 aromatic carbocycles. The van der Waals surface area contributed by atoms with E-state index in [1.54, 1.807) is 0 Å².